The molecule has 364 valence electrons. The number of benzene rings is 2. The van der Waals surface area contributed by atoms with Gasteiger partial charge in [0.15, 0.2) is 30.9 Å². The lowest BCUT2D eigenvalue weighted by Crippen LogP contribution is -2.81. The van der Waals surface area contributed by atoms with Gasteiger partial charge in [-0.05, 0) is 51.0 Å². The number of carbonyl (C=O) groups is 3. The molecule has 2 aromatic rings. The first kappa shape index (κ1) is 45.8. The molecular weight excluding hydrogens is 888 g/mol. The molecule has 21 nitrogen and oxygen atoms in total. The molecule has 0 unspecified atom stereocenters. The SMILES string of the molecule is C[C@@]12C[C@@]3(O)O[C@@H](O1)[C@]1(COC(=O)c4ccccc4)[C@H]3C[C@@]12O[C@@H]1O[C@H](CO[C@H]2O[C@@]3(C)CC(=O)[C@@H]4C[C@@]3(O[C@@H]3O[C@H](CO)[C@@H](O)[C@H](O)[C@H]3O)[C@]24COC(=O)c2ccccc2)[C@@H](O)[C@H](O)[C@H]1O. The number of hydrogen-bond donors (Lipinski definition) is 8. The molecule has 6 aliphatic heterocycles. The normalized spacial score (nSPS) is 50.7. The Balaban J connectivity index is 0.874. The molecule has 67 heavy (non-hydrogen) atoms. The highest BCUT2D eigenvalue weighted by Gasteiger charge is 2.95. The van der Waals surface area contributed by atoms with Gasteiger partial charge in [-0.15, -0.1) is 0 Å². The molecule has 6 heterocycles. The number of ketones is 1. The molecule has 0 aromatic heterocycles. The minimum absolute atomic E-state index is 0.0440. The molecule has 2 aromatic carbocycles. The van der Waals surface area contributed by atoms with Crippen molar-refractivity contribution >= 4 is 17.7 Å². The van der Waals surface area contributed by atoms with Gasteiger partial charge in [0.1, 0.15) is 90.2 Å². The average Bonchev–Trinajstić information content (AvgIpc) is 3.55. The molecule has 0 spiro atoms. The summed E-state index contributed by atoms with van der Waals surface area (Å²) in [6.07, 6.45) is -19.9. The second kappa shape index (κ2) is 15.5. The Morgan fingerprint density at radius 1 is 0.672 bits per heavy atom. The van der Waals surface area contributed by atoms with Crippen molar-refractivity contribution in [1.29, 1.82) is 0 Å². The fourth-order valence-electron chi connectivity index (χ4n) is 13.3. The number of rotatable bonds is 14. The average molecular weight is 943 g/mol. The molecule has 21 heteroatoms. The van der Waals surface area contributed by atoms with Crippen LogP contribution in [0.25, 0.3) is 0 Å². The molecule has 21 atom stereocenters. The smallest absolute Gasteiger partial charge is 0.338 e. The lowest BCUT2D eigenvalue weighted by Gasteiger charge is -2.67. The van der Waals surface area contributed by atoms with Crippen LogP contribution in [0.15, 0.2) is 60.7 Å². The van der Waals surface area contributed by atoms with Crippen LogP contribution >= 0.6 is 0 Å². The van der Waals surface area contributed by atoms with Crippen LogP contribution in [0.1, 0.15) is 60.2 Å². The summed E-state index contributed by atoms with van der Waals surface area (Å²) in [5.41, 5.74) is -8.42. The number of ether oxygens (including phenoxy) is 10. The number of aliphatic hydroxyl groups is 8. The summed E-state index contributed by atoms with van der Waals surface area (Å²) in [7, 11) is 0. The third-order valence-corrected chi connectivity index (χ3v) is 16.8. The zero-order chi connectivity index (χ0) is 47.3. The number of esters is 2. The fourth-order valence-corrected chi connectivity index (χ4v) is 13.3. The first-order valence-corrected chi connectivity index (χ1v) is 22.5. The standard InChI is InChI=1S/C46H54O21/c1-40-14-24(48)23-13-45(40,63-36-32(53)30(51)28(49)25(16-47)61-36)42(23,19-59-34(55)21-9-5-3-6-10-21)38(65-40)58-17-26-29(50)31(52)33(54)37(62-26)64-46-15-27-43(46,20-60-35(56)22-11-7-4-8-12-22)39-66-41(46,2)18-44(27,57)67-39/h3-12,23,25-33,36-39,47,49-54,57H,13-20H2,1-2H3/t23-,25+,26+,27+,28+,29+,30-,31-,32+,33+,36-,37-,38-,39+,40-,41-,42-,43-,44+,45-,46-/m0/s1. The fraction of sp³-hybridized carbons (Fsp3) is 0.674. The van der Waals surface area contributed by atoms with Crippen LogP contribution in [0.4, 0.5) is 0 Å². The van der Waals surface area contributed by atoms with Crippen molar-refractivity contribution in [1.82, 2.24) is 0 Å². The van der Waals surface area contributed by atoms with Crippen molar-refractivity contribution in [3.8, 4) is 0 Å². The van der Waals surface area contributed by atoms with Crippen LogP contribution < -0.4 is 0 Å². The largest absolute Gasteiger partial charge is 0.461 e. The first-order chi connectivity index (χ1) is 31.8. The van der Waals surface area contributed by atoms with Crippen LogP contribution in [0.5, 0.6) is 0 Å². The monoisotopic (exact) mass is 942 g/mol. The topological polar surface area (TPSA) is 305 Å². The van der Waals surface area contributed by atoms with Crippen LogP contribution in [0.3, 0.4) is 0 Å². The second-order valence-corrected chi connectivity index (χ2v) is 20.1. The van der Waals surface area contributed by atoms with E-state index in [1.165, 1.54) is 12.1 Å². The van der Waals surface area contributed by atoms with Crippen molar-refractivity contribution in [3.63, 3.8) is 0 Å². The van der Waals surface area contributed by atoms with E-state index in [1.807, 2.05) is 0 Å². The van der Waals surface area contributed by atoms with Crippen LogP contribution in [0.2, 0.25) is 0 Å². The summed E-state index contributed by atoms with van der Waals surface area (Å²) in [6, 6.07) is 16.3. The summed E-state index contributed by atoms with van der Waals surface area (Å²) >= 11 is 0. The van der Waals surface area contributed by atoms with Crippen molar-refractivity contribution in [2.24, 2.45) is 22.7 Å². The molecule has 12 fully saturated rings. The molecule has 10 bridgehead atoms. The summed E-state index contributed by atoms with van der Waals surface area (Å²) in [6.45, 7) is 1.08. The number of hydrogen-bond acceptors (Lipinski definition) is 21. The Morgan fingerprint density at radius 2 is 1.21 bits per heavy atom. The molecule has 6 saturated carbocycles. The third-order valence-electron chi connectivity index (χ3n) is 16.8. The maximum absolute atomic E-state index is 13.9. The highest BCUT2D eigenvalue weighted by Crippen LogP contribution is 2.82. The van der Waals surface area contributed by atoms with Crippen molar-refractivity contribution in [2.45, 2.75) is 142 Å². The van der Waals surface area contributed by atoms with E-state index in [0.717, 1.165) is 0 Å². The van der Waals surface area contributed by atoms with Gasteiger partial charge < -0.3 is 88.2 Å². The van der Waals surface area contributed by atoms with Crippen molar-refractivity contribution in [3.05, 3.63) is 71.8 Å². The highest BCUT2D eigenvalue weighted by atomic mass is 16.8. The summed E-state index contributed by atoms with van der Waals surface area (Å²) < 4.78 is 62.6. The molecule has 8 N–H and O–H groups in total. The van der Waals surface area contributed by atoms with Crippen LogP contribution in [-0.2, 0) is 52.2 Å². The second-order valence-electron chi connectivity index (χ2n) is 20.1. The number of carbonyl (C=O) groups excluding carboxylic acids is 3. The Bertz CT molecular complexity index is 2290. The maximum Gasteiger partial charge on any atom is 0.338 e. The number of Topliss-reactive ketones (excluding diaryl/α,β-unsaturated/α-hetero) is 1. The van der Waals surface area contributed by atoms with E-state index in [-0.39, 0.29) is 49.2 Å². The first-order valence-electron chi connectivity index (χ1n) is 22.5. The molecule has 14 rings (SSSR count). The predicted octanol–water partition coefficient (Wildman–Crippen LogP) is -1.83. The van der Waals surface area contributed by atoms with Gasteiger partial charge in [0.05, 0.1) is 35.2 Å². The molecule has 0 radical (unpaired) electrons. The molecule has 12 aliphatic rings. The van der Waals surface area contributed by atoms with E-state index < -0.39 is 157 Å². The van der Waals surface area contributed by atoms with Crippen molar-refractivity contribution < 1.29 is 103 Å². The van der Waals surface area contributed by atoms with E-state index in [0.29, 0.717) is 0 Å². The van der Waals surface area contributed by atoms with Gasteiger partial charge in [-0.3, -0.25) is 4.79 Å². The van der Waals surface area contributed by atoms with E-state index in [1.54, 1.807) is 62.4 Å². The lowest BCUT2D eigenvalue weighted by atomic mass is 9.41. The van der Waals surface area contributed by atoms with Gasteiger partial charge in [0, 0.05) is 24.7 Å². The summed E-state index contributed by atoms with van der Waals surface area (Å²) in [5, 5.41) is 88.2. The van der Waals surface area contributed by atoms with E-state index in [2.05, 4.69) is 0 Å². The molecule has 0 amide bonds. The maximum atomic E-state index is 13.9. The Labute approximate surface area is 382 Å². The Kier molecular flexibility index (Phi) is 10.6. The summed E-state index contributed by atoms with van der Waals surface area (Å²) in [5.74, 6) is -4.88. The van der Waals surface area contributed by atoms with Gasteiger partial charge in [0.2, 0.25) is 0 Å². The quantitative estimate of drug-likeness (QED) is 0.0967. The Morgan fingerprint density at radius 3 is 1.79 bits per heavy atom. The van der Waals surface area contributed by atoms with Crippen LogP contribution in [0, 0.1) is 22.7 Å². The van der Waals surface area contributed by atoms with Gasteiger partial charge >= 0.3 is 11.9 Å². The van der Waals surface area contributed by atoms with Gasteiger partial charge in [-0.25, -0.2) is 9.59 Å². The van der Waals surface area contributed by atoms with Gasteiger partial charge in [0.25, 0.3) is 0 Å². The molecular formula is C46H54O21. The van der Waals surface area contributed by atoms with E-state index >= 15 is 0 Å². The van der Waals surface area contributed by atoms with E-state index in [9.17, 15) is 55.2 Å². The van der Waals surface area contributed by atoms with Gasteiger partial charge in [-0.2, -0.15) is 0 Å². The minimum atomic E-state index is -1.88. The zero-order valence-corrected chi connectivity index (χ0v) is 36.4. The zero-order valence-electron chi connectivity index (χ0n) is 36.4. The predicted molar refractivity (Wildman–Crippen MR) is 215 cm³/mol. The van der Waals surface area contributed by atoms with Gasteiger partial charge in [-0.1, -0.05) is 36.4 Å². The van der Waals surface area contributed by atoms with Crippen LogP contribution in [-0.4, -0.2) is 187 Å². The van der Waals surface area contributed by atoms with Crippen molar-refractivity contribution in [2.75, 3.05) is 26.4 Å². The molecule has 6 aliphatic carbocycles. The number of aliphatic hydroxyl groups excluding tert-OH is 7. The third kappa shape index (κ3) is 5.96. The minimum Gasteiger partial charge on any atom is -0.461 e. The Hall–Kier alpha value is -3.59. The lowest BCUT2D eigenvalue weighted by molar-refractivity contribution is -0.425. The highest BCUT2D eigenvalue weighted by molar-refractivity contribution is 5.91. The molecule has 6 saturated heterocycles. The number of fused-ring (bicyclic) bond motifs is 1. The summed E-state index contributed by atoms with van der Waals surface area (Å²) in [4.78, 5) is 40.7. The van der Waals surface area contributed by atoms with E-state index in [4.69, 9.17) is 47.4 Å².